The molecule has 2 aliphatic rings. The van der Waals surface area contributed by atoms with Crippen LogP contribution in [0.4, 0.5) is 11.8 Å². The molecule has 0 aromatic carbocycles. The molecule has 0 bridgehead atoms. The van der Waals surface area contributed by atoms with Gasteiger partial charge in [-0.1, -0.05) is 12.8 Å². The van der Waals surface area contributed by atoms with E-state index in [-0.39, 0.29) is 12.6 Å². The van der Waals surface area contributed by atoms with Crippen molar-refractivity contribution in [1.29, 1.82) is 0 Å². The van der Waals surface area contributed by atoms with Crippen LogP contribution in [-0.2, 0) is 0 Å². The van der Waals surface area contributed by atoms with Crippen molar-refractivity contribution in [2.75, 3.05) is 49.5 Å². The van der Waals surface area contributed by atoms with Crippen LogP contribution >= 0.6 is 0 Å². The summed E-state index contributed by atoms with van der Waals surface area (Å²) in [7, 11) is 0. The Bertz CT molecular complexity index is 599. The minimum atomic E-state index is -1.36. The predicted octanol–water partition coefficient (Wildman–Crippen LogP) is -0.582. The SMILES string of the molecule is OC[C@@H](O)[C@@H](O)[C@@H](O)CN1CCC(Nc2nccc(N3CCCCCC3)n2)C1. The molecule has 1 aromatic rings. The molecule has 0 amide bonds. The Morgan fingerprint density at radius 3 is 2.54 bits per heavy atom. The van der Waals surface area contributed by atoms with E-state index in [0.29, 0.717) is 12.5 Å². The van der Waals surface area contributed by atoms with Gasteiger partial charge >= 0.3 is 0 Å². The molecule has 28 heavy (non-hydrogen) atoms. The van der Waals surface area contributed by atoms with Crippen LogP contribution in [0.1, 0.15) is 32.1 Å². The maximum absolute atomic E-state index is 10.0. The normalized spacial score (nSPS) is 24.6. The summed E-state index contributed by atoms with van der Waals surface area (Å²) in [5.74, 6) is 1.58. The van der Waals surface area contributed by atoms with Crippen LogP contribution in [0.2, 0.25) is 0 Å². The number of nitrogens with zero attached hydrogens (tertiary/aromatic N) is 4. The molecule has 9 nitrogen and oxygen atoms in total. The number of aliphatic hydroxyl groups is 4. The highest BCUT2D eigenvalue weighted by Gasteiger charge is 2.30. The summed E-state index contributed by atoms with van der Waals surface area (Å²) in [6, 6.07) is 2.12. The van der Waals surface area contributed by atoms with E-state index >= 15 is 0 Å². The van der Waals surface area contributed by atoms with E-state index in [1.807, 2.05) is 11.0 Å². The van der Waals surface area contributed by atoms with E-state index in [1.54, 1.807) is 6.20 Å². The molecule has 0 radical (unpaired) electrons. The average molecular weight is 396 g/mol. The second-order valence-electron chi connectivity index (χ2n) is 7.84. The smallest absolute Gasteiger partial charge is 0.224 e. The van der Waals surface area contributed by atoms with Crippen molar-refractivity contribution in [2.45, 2.75) is 56.5 Å². The highest BCUT2D eigenvalue weighted by molar-refractivity contribution is 5.43. The lowest BCUT2D eigenvalue weighted by Gasteiger charge is -2.26. The van der Waals surface area contributed by atoms with Gasteiger partial charge in [0, 0.05) is 45.0 Å². The van der Waals surface area contributed by atoms with Crippen molar-refractivity contribution in [1.82, 2.24) is 14.9 Å². The van der Waals surface area contributed by atoms with Crippen molar-refractivity contribution in [3.8, 4) is 0 Å². The topological polar surface area (TPSA) is 125 Å². The van der Waals surface area contributed by atoms with E-state index in [2.05, 4.69) is 20.2 Å². The van der Waals surface area contributed by atoms with Gasteiger partial charge in [-0.3, -0.25) is 4.90 Å². The van der Waals surface area contributed by atoms with Crippen LogP contribution in [0.15, 0.2) is 12.3 Å². The molecule has 3 heterocycles. The first-order valence-corrected chi connectivity index (χ1v) is 10.3. The predicted molar refractivity (Wildman–Crippen MR) is 106 cm³/mol. The quantitative estimate of drug-likeness (QED) is 0.393. The van der Waals surface area contributed by atoms with Crippen LogP contribution in [-0.4, -0.2) is 99.0 Å². The molecule has 0 spiro atoms. The molecule has 3 rings (SSSR count). The minimum absolute atomic E-state index is 0.159. The summed E-state index contributed by atoms with van der Waals surface area (Å²) in [6.07, 6.45) is 3.82. The molecule has 4 atom stereocenters. The molecule has 1 aromatic heterocycles. The van der Waals surface area contributed by atoms with Crippen molar-refractivity contribution in [3.63, 3.8) is 0 Å². The summed E-state index contributed by atoms with van der Waals surface area (Å²) in [6.45, 7) is 3.19. The van der Waals surface area contributed by atoms with Gasteiger partial charge in [0.05, 0.1) is 12.7 Å². The summed E-state index contributed by atoms with van der Waals surface area (Å²) in [5, 5.41) is 41.6. The monoisotopic (exact) mass is 395 g/mol. The summed E-state index contributed by atoms with van der Waals surface area (Å²) < 4.78 is 0. The standard InChI is InChI=1S/C19H33N5O4/c25-13-16(27)18(28)15(26)12-23-10-6-14(11-23)21-19-20-7-5-17(22-19)24-8-3-1-2-4-9-24/h5,7,14-16,18,25-28H,1-4,6,8-13H2,(H,20,21,22)/t14?,15-,16+,18-/m0/s1. The third kappa shape index (κ3) is 5.74. The molecule has 5 N–H and O–H groups in total. The van der Waals surface area contributed by atoms with Crippen molar-refractivity contribution < 1.29 is 20.4 Å². The highest BCUT2D eigenvalue weighted by atomic mass is 16.4. The molecule has 0 saturated carbocycles. The van der Waals surface area contributed by atoms with Gasteiger partial charge in [0.25, 0.3) is 0 Å². The first-order chi connectivity index (χ1) is 13.6. The van der Waals surface area contributed by atoms with Gasteiger partial charge in [0.2, 0.25) is 5.95 Å². The van der Waals surface area contributed by atoms with Crippen molar-refractivity contribution >= 4 is 11.8 Å². The second-order valence-corrected chi connectivity index (χ2v) is 7.84. The van der Waals surface area contributed by atoms with Crippen LogP contribution in [0.5, 0.6) is 0 Å². The van der Waals surface area contributed by atoms with E-state index in [1.165, 1.54) is 25.7 Å². The maximum Gasteiger partial charge on any atom is 0.224 e. The second kappa shape index (κ2) is 10.3. The van der Waals surface area contributed by atoms with Gasteiger partial charge in [0.1, 0.15) is 18.0 Å². The van der Waals surface area contributed by atoms with Gasteiger partial charge in [-0.2, -0.15) is 4.98 Å². The summed E-state index contributed by atoms with van der Waals surface area (Å²) in [5.41, 5.74) is 0. The third-order valence-corrected chi connectivity index (χ3v) is 5.60. The van der Waals surface area contributed by atoms with Crippen LogP contribution in [0.25, 0.3) is 0 Å². The Balaban J connectivity index is 1.50. The third-order valence-electron chi connectivity index (χ3n) is 5.60. The van der Waals surface area contributed by atoms with Gasteiger partial charge in [-0.15, -0.1) is 0 Å². The molecule has 2 saturated heterocycles. The molecule has 2 fully saturated rings. The number of hydrogen-bond acceptors (Lipinski definition) is 9. The number of rotatable bonds is 8. The first-order valence-electron chi connectivity index (χ1n) is 10.3. The minimum Gasteiger partial charge on any atom is -0.394 e. The van der Waals surface area contributed by atoms with Gasteiger partial charge in [-0.25, -0.2) is 4.98 Å². The lowest BCUT2D eigenvalue weighted by atomic mass is 10.1. The molecular weight excluding hydrogens is 362 g/mol. The number of aliphatic hydroxyl groups excluding tert-OH is 4. The fourth-order valence-electron chi connectivity index (χ4n) is 3.93. The molecule has 9 heteroatoms. The zero-order valence-electron chi connectivity index (χ0n) is 16.3. The van der Waals surface area contributed by atoms with Crippen LogP contribution < -0.4 is 10.2 Å². The largest absolute Gasteiger partial charge is 0.394 e. The van der Waals surface area contributed by atoms with Gasteiger partial charge in [-0.05, 0) is 25.3 Å². The van der Waals surface area contributed by atoms with E-state index in [9.17, 15) is 15.3 Å². The lowest BCUT2D eigenvalue weighted by molar-refractivity contribution is -0.0827. The van der Waals surface area contributed by atoms with Gasteiger partial charge < -0.3 is 30.6 Å². The number of likely N-dealkylation sites (tertiary alicyclic amines) is 1. The number of β-amino-alcohol motifs (C(OH)–C–C–N with tert-alkyl or cyclic N) is 1. The Kier molecular flexibility index (Phi) is 7.81. The van der Waals surface area contributed by atoms with Crippen LogP contribution in [0.3, 0.4) is 0 Å². The molecule has 1 unspecified atom stereocenters. The molecule has 0 aliphatic carbocycles. The highest BCUT2D eigenvalue weighted by Crippen LogP contribution is 2.20. The van der Waals surface area contributed by atoms with Crippen LogP contribution in [0, 0.1) is 0 Å². The van der Waals surface area contributed by atoms with Crippen molar-refractivity contribution in [2.24, 2.45) is 0 Å². The Labute approximate surface area is 166 Å². The molecular formula is C19H33N5O4. The van der Waals surface area contributed by atoms with E-state index in [4.69, 9.17) is 5.11 Å². The molecule has 2 aliphatic heterocycles. The van der Waals surface area contributed by atoms with E-state index < -0.39 is 24.9 Å². The zero-order valence-corrected chi connectivity index (χ0v) is 16.3. The number of nitrogens with one attached hydrogen (secondary N) is 1. The first kappa shape index (κ1) is 21.2. The fraction of sp³-hybridized carbons (Fsp3) is 0.789. The van der Waals surface area contributed by atoms with Crippen molar-refractivity contribution in [3.05, 3.63) is 12.3 Å². The Morgan fingerprint density at radius 2 is 1.82 bits per heavy atom. The number of anilines is 2. The summed E-state index contributed by atoms with van der Waals surface area (Å²) >= 11 is 0. The average Bonchev–Trinajstić information content (AvgIpc) is 2.96. The lowest BCUT2D eigenvalue weighted by Crippen LogP contribution is -2.45. The fourth-order valence-corrected chi connectivity index (χ4v) is 3.93. The number of hydrogen-bond donors (Lipinski definition) is 5. The Hall–Kier alpha value is -1.52. The Morgan fingerprint density at radius 1 is 1.07 bits per heavy atom. The number of aromatic nitrogens is 2. The summed E-state index contributed by atoms with van der Waals surface area (Å²) in [4.78, 5) is 13.4. The van der Waals surface area contributed by atoms with Gasteiger partial charge in [0.15, 0.2) is 0 Å². The molecule has 158 valence electrons. The zero-order chi connectivity index (χ0) is 19.9. The van der Waals surface area contributed by atoms with E-state index in [0.717, 1.165) is 31.9 Å². The maximum atomic E-state index is 10.0.